The Morgan fingerprint density at radius 1 is 0.606 bits per heavy atom. The number of aliphatic hydroxyl groups is 4. The number of aromatic nitrogens is 2. The van der Waals surface area contributed by atoms with E-state index in [2.05, 4.69) is 5.32 Å². The number of amides is 1. The second-order valence-corrected chi connectivity index (χ2v) is 18.7. The lowest BCUT2D eigenvalue weighted by Crippen LogP contribution is -2.49. The molecule has 4 aromatic rings. The van der Waals surface area contributed by atoms with Crippen LogP contribution in [0.4, 0.5) is 11.4 Å². The number of anilines is 2. The van der Waals surface area contributed by atoms with Gasteiger partial charge in [-0.3, -0.25) is 14.4 Å². The molecule has 5 N–H and O–H groups in total. The average Bonchev–Trinajstić information content (AvgIpc) is 3.84. The molecule has 2 saturated heterocycles. The molecular weight excluding hydrogens is 883 g/mol. The zero-order chi connectivity index (χ0) is 47.0. The molecule has 2 aromatic carbocycles. The number of hydrogen-bond acceptors (Lipinski definition) is 14. The zero-order valence-electron chi connectivity index (χ0n) is 37.1. The van der Waals surface area contributed by atoms with Gasteiger partial charge in [0.05, 0.1) is 43.5 Å². The fraction of sp³-hybridized carbons (Fsp3) is 0.388. The van der Waals surface area contributed by atoms with Crippen molar-refractivity contribution in [3.8, 4) is 0 Å². The highest BCUT2D eigenvalue weighted by Crippen LogP contribution is 2.28. The number of nitrogens with one attached hydrogen (secondary N) is 1. The van der Waals surface area contributed by atoms with Gasteiger partial charge in [-0.2, -0.15) is 9.13 Å². The molecule has 6 rings (SSSR count). The molecule has 2 aromatic heterocycles. The quantitative estimate of drug-likeness (QED) is 0.0334. The highest BCUT2D eigenvalue weighted by Gasteiger charge is 2.31. The molecule has 6 unspecified atom stereocenters. The van der Waals surface area contributed by atoms with Gasteiger partial charge in [-0.05, 0) is 60.4 Å². The van der Waals surface area contributed by atoms with Crippen LogP contribution in [0.15, 0.2) is 97.6 Å². The summed E-state index contributed by atoms with van der Waals surface area (Å²) < 4.78 is 14.0. The fourth-order valence-corrected chi connectivity index (χ4v) is 9.83. The van der Waals surface area contributed by atoms with Crippen LogP contribution in [0.3, 0.4) is 0 Å². The predicted molar refractivity (Wildman–Crippen MR) is 256 cm³/mol. The molecule has 0 bridgehead atoms. The van der Waals surface area contributed by atoms with E-state index in [4.69, 9.17) is 9.47 Å². The SMILES string of the molecule is CCOC(=O)C(CSSCC(NC(=O)C[n+]1ccc(/C=C/c2ccc(N3CC(O)C(O)C3)cc2)cc1)C(=O)OCC)CC(=O)C[n+]1ccc(/C=C/c2ccc(N3CC(O)C(O)C3)cc2)cc1. The van der Waals surface area contributed by atoms with Crippen molar-refractivity contribution in [3.05, 3.63) is 120 Å². The van der Waals surface area contributed by atoms with Gasteiger partial charge in [0.15, 0.2) is 30.6 Å². The van der Waals surface area contributed by atoms with E-state index in [1.807, 2.05) is 119 Å². The van der Waals surface area contributed by atoms with Crippen molar-refractivity contribution in [1.29, 1.82) is 0 Å². The summed E-state index contributed by atoms with van der Waals surface area (Å²) in [5, 5.41) is 42.2. The van der Waals surface area contributed by atoms with Gasteiger partial charge >= 0.3 is 11.9 Å². The first-order valence-corrected chi connectivity index (χ1v) is 24.5. The first-order chi connectivity index (χ1) is 31.9. The van der Waals surface area contributed by atoms with Crippen molar-refractivity contribution in [3.63, 3.8) is 0 Å². The topological polar surface area (TPSA) is 194 Å². The summed E-state index contributed by atoms with van der Waals surface area (Å²) in [6, 6.07) is 22.3. The van der Waals surface area contributed by atoms with E-state index in [-0.39, 0.29) is 55.9 Å². The van der Waals surface area contributed by atoms with Crippen LogP contribution in [0.25, 0.3) is 24.3 Å². The molecule has 0 spiro atoms. The molecule has 350 valence electrons. The minimum Gasteiger partial charge on any atom is -0.466 e. The van der Waals surface area contributed by atoms with Crippen LogP contribution in [0.2, 0.25) is 0 Å². The molecule has 2 fully saturated rings. The maximum absolute atomic E-state index is 13.2. The zero-order valence-corrected chi connectivity index (χ0v) is 38.8. The van der Waals surface area contributed by atoms with Crippen LogP contribution in [0.5, 0.6) is 0 Å². The van der Waals surface area contributed by atoms with Crippen molar-refractivity contribution in [1.82, 2.24) is 5.32 Å². The summed E-state index contributed by atoms with van der Waals surface area (Å²) in [7, 11) is 2.61. The molecule has 1 amide bonds. The van der Waals surface area contributed by atoms with Crippen LogP contribution in [0.1, 0.15) is 42.5 Å². The molecule has 6 atom stereocenters. The second-order valence-electron chi connectivity index (χ2n) is 16.2. The van der Waals surface area contributed by atoms with Crippen molar-refractivity contribution in [2.45, 2.75) is 63.8 Å². The number of Topliss-reactive ketones (excluding diaryl/α,β-unsaturated/α-hetero) is 1. The third-order valence-electron chi connectivity index (χ3n) is 11.1. The highest BCUT2D eigenvalue weighted by molar-refractivity contribution is 8.76. The van der Waals surface area contributed by atoms with Crippen molar-refractivity contribution < 1.29 is 58.2 Å². The molecule has 66 heavy (non-hydrogen) atoms. The molecule has 2 aliphatic heterocycles. The third-order valence-corrected chi connectivity index (χ3v) is 13.6. The second kappa shape index (κ2) is 24.8. The number of esters is 2. The van der Waals surface area contributed by atoms with E-state index < -0.39 is 48.3 Å². The molecule has 0 saturated carbocycles. The monoisotopic (exact) mass is 941 g/mol. The van der Waals surface area contributed by atoms with Gasteiger partial charge < -0.3 is 45.0 Å². The van der Waals surface area contributed by atoms with Crippen LogP contribution < -0.4 is 24.3 Å². The van der Waals surface area contributed by atoms with E-state index in [1.54, 1.807) is 35.4 Å². The van der Waals surface area contributed by atoms with Gasteiger partial charge in [-0.15, -0.1) is 0 Å². The van der Waals surface area contributed by atoms with Crippen LogP contribution in [-0.4, -0.2) is 125 Å². The fourth-order valence-electron chi connectivity index (χ4n) is 7.39. The lowest BCUT2D eigenvalue weighted by atomic mass is 10.0. The maximum Gasteiger partial charge on any atom is 0.329 e. The van der Waals surface area contributed by atoms with E-state index in [0.717, 1.165) is 33.6 Å². The van der Waals surface area contributed by atoms with Crippen molar-refractivity contribution in [2.24, 2.45) is 5.92 Å². The Kier molecular flexibility index (Phi) is 18.8. The van der Waals surface area contributed by atoms with E-state index in [1.165, 1.54) is 21.6 Å². The standard InChI is InChI=1S/C49H58N5O10S2/c1-3-63-48(61)38(25-41(55)26-51-21-17-36(18-22-51)7-5-34-9-13-39(14-10-34)53-27-43(56)44(57)28-53)32-65-66-33-42(49(62)64-4-2)50-47(60)31-52-23-19-37(20-24-52)8-6-35-11-15-40(16-12-35)54-29-45(58)46(59)30-54/h5-24,38,42-46,56-59H,3-4,25-33H2,1-2H3/q+1/p+1. The summed E-state index contributed by atoms with van der Waals surface area (Å²) in [5.74, 6) is -1.84. The molecule has 2 aliphatic rings. The number of nitrogens with zero attached hydrogens (tertiary/aromatic N) is 4. The van der Waals surface area contributed by atoms with Gasteiger partial charge in [0.25, 0.3) is 5.91 Å². The number of rotatable bonds is 22. The normalized spacial score (nSPS) is 19.3. The number of carbonyl (C=O) groups is 4. The number of aliphatic hydroxyl groups excluding tert-OH is 4. The molecule has 0 radical (unpaired) electrons. The van der Waals surface area contributed by atoms with Gasteiger partial charge in [0.1, 0.15) is 6.04 Å². The lowest BCUT2D eigenvalue weighted by molar-refractivity contribution is -0.684. The minimum atomic E-state index is -0.936. The Balaban J connectivity index is 0.939. The summed E-state index contributed by atoms with van der Waals surface area (Å²) in [5.41, 5.74) is 5.69. The average molecular weight is 942 g/mol. The number of pyridine rings is 2. The number of ketones is 1. The Morgan fingerprint density at radius 2 is 1.00 bits per heavy atom. The Labute approximate surface area is 393 Å². The van der Waals surface area contributed by atoms with Gasteiger partial charge in [-0.1, -0.05) is 70.2 Å². The smallest absolute Gasteiger partial charge is 0.329 e. The van der Waals surface area contributed by atoms with Gasteiger partial charge in [0, 0.05) is 79.7 Å². The van der Waals surface area contributed by atoms with Crippen molar-refractivity contribution in [2.75, 3.05) is 60.7 Å². The van der Waals surface area contributed by atoms with Crippen LogP contribution in [0, 0.1) is 5.92 Å². The Bertz CT molecular complexity index is 2100. The highest BCUT2D eigenvalue weighted by atomic mass is 33.1. The molecule has 0 aliphatic carbocycles. The lowest BCUT2D eigenvalue weighted by Gasteiger charge is -2.17. The van der Waals surface area contributed by atoms with Gasteiger partial charge in [0.2, 0.25) is 13.1 Å². The first-order valence-electron chi connectivity index (χ1n) is 22.0. The first kappa shape index (κ1) is 49.9. The summed E-state index contributed by atoms with van der Waals surface area (Å²) >= 11 is 0. The Hall–Kier alpha value is -5.56. The van der Waals surface area contributed by atoms with E-state index in [0.29, 0.717) is 26.2 Å². The number of ether oxygens (including phenoxy) is 2. The number of carbonyl (C=O) groups excluding carboxylic acids is 4. The van der Waals surface area contributed by atoms with Crippen molar-refractivity contribution >= 4 is 80.9 Å². The summed E-state index contributed by atoms with van der Waals surface area (Å²) in [6.07, 6.45) is 12.0. The maximum atomic E-state index is 13.2. The minimum absolute atomic E-state index is 0.0267. The third kappa shape index (κ3) is 15.0. The Morgan fingerprint density at radius 3 is 1.44 bits per heavy atom. The molecule has 4 heterocycles. The van der Waals surface area contributed by atoms with Crippen LogP contribution in [-0.2, 0) is 41.7 Å². The molecular formula is C49H59N5O10S2+2. The number of benzene rings is 2. The summed E-state index contributed by atoms with van der Waals surface area (Å²) in [6.45, 7) is 5.33. The predicted octanol–water partition coefficient (Wildman–Crippen LogP) is 2.95. The number of β-amino-alcohol motifs (C(OH)–C–C–N with tert-alkyl or cyclic N) is 4. The summed E-state index contributed by atoms with van der Waals surface area (Å²) in [4.78, 5) is 56.0. The molecule has 15 nitrogen and oxygen atoms in total. The van der Waals surface area contributed by atoms with E-state index >= 15 is 0 Å². The number of hydrogen-bond donors (Lipinski definition) is 5. The van der Waals surface area contributed by atoms with Gasteiger partial charge in [-0.25, -0.2) is 4.79 Å². The molecule has 17 heteroatoms. The van der Waals surface area contributed by atoms with E-state index in [9.17, 15) is 39.6 Å². The van der Waals surface area contributed by atoms with Crippen LogP contribution >= 0.6 is 21.6 Å². The largest absolute Gasteiger partial charge is 0.466 e.